The molecule has 5 rings (SSSR count). The summed E-state index contributed by atoms with van der Waals surface area (Å²) in [5, 5.41) is 10.5. The predicted octanol–water partition coefficient (Wildman–Crippen LogP) is 3.76. The zero-order chi connectivity index (χ0) is 28.3. The smallest absolute Gasteiger partial charge is 0.330 e. The summed E-state index contributed by atoms with van der Waals surface area (Å²) in [5.74, 6) is 0.278. The number of aliphatic hydroxyl groups is 1. The number of halogens is 2. The minimum absolute atomic E-state index is 0.342. The zero-order valence-electron chi connectivity index (χ0n) is 21.6. The molecule has 2 N–H and O–H groups in total. The molecule has 1 aliphatic heterocycles. The van der Waals surface area contributed by atoms with Crippen LogP contribution in [0.15, 0.2) is 107 Å². The van der Waals surface area contributed by atoms with Crippen molar-refractivity contribution in [2.75, 3.05) is 19.6 Å². The van der Waals surface area contributed by atoms with Crippen LogP contribution in [0.3, 0.4) is 0 Å². The Bertz CT molecular complexity index is 1500. The summed E-state index contributed by atoms with van der Waals surface area (Å²) in [4.78, 5) is 26.3. The summed E-state index contributed by atoms with van der Waals surface area (Å²) in [6.45, 7) is -0.696. The van der Waals surface area contributed by atoms with Crippen molar-refractivity contribution in [3.8, 4) is 5.75 Å². The Balaban J connectivity index is 1.73. The summed E-state index contributed by atoms with van der Waals surface area (Å²) in [6.07, 6.45) is -3.82. The van der Waals surface area contributed by atoms with Gasteiger partial charge in [0.2, 0.25) is 0 Å². The van der Waals surface area contributed by atoms with E-state index < -0.39 is 47.6 Å². The van der Waals surface area contributed by atoms with E-state index in [9.17, 15) is 14.7 Å². The van der Waals surface area contributed by atoms with Crippen LogP contribution in [0.5, 0.6) is 5.75 Å². The number of hydrogen-bond donors (Lipinski definition) is 2. The van der Waals surface area contributed by atoms with Gasteiger partial charge in [-0.05, 0) is 28.8 Å². The maximum Gasteiger partial charge on any atom is 0.330 e. The third kappa shape index (κ3) is 4.75. The molecule has 0 saturated carbocycles. The summed E-state index contributed by atoms with van der Waals surface area (Å²) in [5.41, 5.74) is -2.61. The van der Waals surface area contributed by atoms with Gasteiger partial charge in [0.25, 0.3) is 5.56 Å². The fourth-order valence-corrected chi connectivity index (χ4v) is 5.47. The Morgan fingerprint density at radius 3 is 2.05 bits per heavy atom. The fourth-order valence-electron chi connectivity index (χ4n) is 5.17. The Kier molecular flexibility index (Phi) is 7.91. The lowest BCUT2D eigenvalue weighted by atomic mass is 9.79. The lowest BCUT2D eigenvalue weighted by Gasteiger charge is -2.42. The van der Waals surface area contributed by atoms with Crippen LogP contribution >= 0.6 is 11.6 Å². The molecule has 1 aromatic heterocycles. The van der Waals surface area contributed by atoms with Gasteiger partial charge in [0, 0.05) is 12.3 Å². The van der Waals surface area contributed by atoms with Gasteiger partial charge in [-0.1, -0.05) is 72.8 Å². The highest BCUT2D eigenvalue weighted by molar-refractivity contribution is 6.18. The molecule has 4 unspecified atom stereocenters. The molecule has 4 atom stereocenters. The Morgan fingerprint density at radius 2 is 1.55 bits per heavy atom. The Morgan fingerprint density at radius 1 is 0.975 bits per heavy atom. The molecule has 1 saturated heterocycles. The van der Waals surface area contributed by atoms with Crippen molar-refractivity contribution in [3.05, 3.63) is 135 Å². The van der Waals surface area contributed by atoms with Crippen molar-refractivity contribution in [1.29, 1.82) is 0 Å². The average Bonchev–Trinajstić information content (AvgIpc) is 3.27. The van der Waals surface area contributed by atoms with Gasteiger partial charge >= 0.3 is 5.69 Å². The van der Waals surface area contributed by atoms with E-state index in [2.05, 4.69) is 4.98 Å². The number of nitrogens with one attached hydrogen (secondary N) is 1. The van der Waals surface area contributed by atoms with Crippen molar-refractivity contribution in [3.63, 3.8) is 0 Å². The molecule has 0 aliphatic carbocycles. The van der Waals surface area contributed by atoms with E-state index in [0.29, 0.717) is 22.4 Å². The standard InChI is InChI=1S/C30H28ClFN2O6/c1-38-23-14-12-22(13-15-23)30(20-8-4-2-5-9-20,21-10-6-3-7-11-21)39-26-25(32)27(40-29(26,18-31)19-35)34-17-16-24(36)33-28(34)37/h2-17,25-27,35H,18-19H2,1H3,(H,33,36,37). The zero-order valence-corrected chi connectivity index (χ0v) is 22.3. The summed E-state index contributed by atoms with van der Waals surface area (Å²) in [6, 6.07) is 26.9. The predicted molar refractivity (Wildman–Crippen MR) is 148 cm³/mol. The van der Waals surface area contributed by atoms with Crippen LogP contribution in [0.25, 0.3) is 0 Å². The number of H-pyrrole nitrogens is 1. The van der Waals surface area contributed by atoms with Crippen LogP contribution < -0.4 is 16.0 Å². The molecule has 0 amide bonds. The van der Waals surface area contributed by atoms with Gasteiger partial charge in [-0.25, -0.2) is 9.18 Å². The number of rotatable bonds is 9. The number of nitrogens with zero attached hydrogens (tertiary/aromatic N) is 1. The number of ether oxygens (including phenoxy) is 3. The second-order valence-corrected chi connectivity index (χ2v) is 9.77. The van der Waals surface area contributed by atoms with Gasteiger partial charge < -0.3 is 19.3 Å². The topological polar surface area (TPSA) is 103 Å². The molecular formula is C30H28ClFN2O6. The van der Waals surface area contributed by atoms with Gasteiger partial charge in [0.05, 0.1) is 19.6 Å². The van der Waals surface area contributed by atoms with Crippen LogP contribution in [-0.4, -0.2) is 52.1 Å². The first-order valence-corrected chi connectivity index (χ1v) is 13.2. The minimum atomic E-state index is -1.97. The maximum absolute atomic E-state index is 16.6. The highest BCUT2D eigenvalue weighted by Crippen LogP contribution is 2.48. The lowest BCUT2D eigenvalue weighted by Crippen LogP contribution is -2.53. The highest BCUT2D eigenvalue weighted by Gasteiger charge is 2.60. The highest BCUT2D eigenvalue weighted by atomic mass is 35.5. The van der Waals surface area contributed by atoms with E-state index in [1.165, 1.54) is 0 Å². The molecule has 40 heavy (non-hydrogen) atoms. The van der Waals surface area contributed by atoms with E-state index >= 15 is 4.39 Å². The average molecular weight is 567 g/mol. The number of methoxy groups -OCH3 is 1. The van der Waals surface area contributed by atoms with Gasteiger partial charge in [0.15, 0.2) is 12.4 Å². The first-order chi connectivity index (χ1) is 19.4. The van der Waals surface area contributed by atoms with E-state index in [4.69, 9.17) is 25.8 Å². The van der Waals surface area contributed by atoms with Gasteiger partial charge in [-0.3, -0.25) is 14.3 Å². The van der Waals surface area contributed by atoms with E-state index in [-0.39, 0.29) is 5.88 Å². The minimum Gasteiger partial charge on any atom is -0.497 e. The fraction of sp³-hybridized carbons (Fsp3) is 0.267. The number of aliphatic hydroxyl groups excluding tert-OH is 1. The second kappa shape index (κ2) is 11.4. The van der Waals surface area contributed by atoms with E-state index in [1.54, 1.807) is 19.2 Å². The summed E-state index contributed by atoms with van der Waals surface area (Å²) >= 11 is 6.36. The quantitative estimate of drug-likeness (QED) is 0.236. The number of aromatic amines is 1. The maximum atomic E-state index is 16.6. The molecule has 10 heteroatoms. The van der Waals surface area contributed by atoms with Crippen LogP contribution in [-0.2, 0) is 15.1 Å². The van der Waals surface area contributed by atoms with Crippen molar-refractivity contribution in [2.24, 2.45) is 0 Å². The van der Waals surface area contributed by atoms with E-state index in [1.807, 2.05) is 72.8 Å². The summed E-state index contributed by atoms with van der Waals surface area (Å²) < 4.78 is 35.8. The Labute approximate surface area is 234 Å². The van der Waals surface area contributed by atoms with Gasteiger partial charge in [-0.15, -0.1) is 11.6 Å². The van der Waals surface area contributed by atoms with Crippen molar-refractivity contribution >= 4 is 11.6 Å². The van der Waals surface area contributed by atoms with Gasteiger partial charge in [-0.2, -0.15) is 0 Å². The Hall–Kier alpha value is -3.76. The molecule has 0 radical (unpaired) electrons. The number of alkyl halides is 2. The third-order valence-electron chi connectivity index (χ3n) is 7.22. The van der Waals surface area contributed by atoms with Crippen LogP contribution in [0.1, 0.15) is 22.9 Å². The first-order valence-electron chi connectivity index (χ1n) is 12.6. The van der Waals surface area contributed by atoms with Crippen molar-refractivity contribution < 1.29 is 23.7 Å². The SMILES string of the molecule is COc1ccc(C(OC2C(F)C(n3ccc(=O)[nH]c3=O)OC2(CO)CCl)(c2ccccc2)c2ccccc2)cc1. The van der Waals surface area contributed by atoms with Crippen LogP contribution in [0.2, 0.25) is 0 Å². The second-order valence-electron chi connectivity index (χ2n) is 9.51. The van der Waals surface area contributed by atoms with Crippen molar-refractivity contribution in [1.82, 2.24) is 9.55 Å². The van der Waals surface area contributed by atoms with Gasteiger partial charge in [0.1, 0.15) is 23.1 Å². The lowest BCUT2D eigenvalue weighted by molar-refractivity contribution is -0.154. The van der Waals surface area contributed by atoms with Crippen LogP contribution in [0, 0.1) is 0 Å². The largest absolute Gasteiger partial charge is 0.497 e. The number of aromatic nitrogens is 2. The first kappa shape index (κ1) is 27.8. The molecule has 0 bridgehead atoms. The summed E-state index contributed by atoms with van der Waals surface area (Å²) in [7, 11) is 1.56. The molecule has 4 aromatic rings. The molecule has 1 fully saturated rings. The molecule has 208 valence electrons. The molecule has 0 spiro atoms. The van der Waals surface area contributed by atoms with Crippen molar-refractivity contribution in [2.45, 2.75) is 29.7 Å². The molecular weight excluding hydrogens is 539 g/mol. The number of benzene rings is 3. The third-order valence-corrected chi connectivity index (χ3v) is 7.67. The number of hydrogen-bond acceptors (Lipinski definition) is 6. The monoisotopic (exact) mass is 566 g/mol. The molecule has 1 aliphatic rings. The normalized spacial score (nSPS) is 22.8. The molecule has 8 nitrogen and oxygen atoms in total. The molecule has 3 aromatic carbocycles. The van der Waals surface area contributed by atoms with Crippen LogP contribution in [0.4, 0.5) is 4.39 Å². The molecule has 2 heterocycles. The van der Waals surface area contributed by atoms with E-state index in [0.717, 1.165) is 16.8 Å².